The number of benzene rings is 1. The summed E-state index contributed by atoms with van der Waals surface area (Å²) >= 11 is 0. The minimum atomic E-state index is 0.00321. The zero-order chi connectivity index (χ0) is 18.8. The van der Waals surface area contributed by atoms with Gasteiger partial charge in [0.2, 0.25) is 0 Å². The standard InChI is InChI=1S/C20H25N5O/c1-14-9-15(2)25(22-14)12-17-7-6-8-18(10-17)20(26)23(4)13-19-11-21-24(5)16(19)3/h6-11H,12-13H2,1-5H3. The Labute approximate surface area is 154 Å². The van der Waals surface area contributed by atoms with Crippen LogP contribution in [0.1, 0.15) is 38.6 Å². The molecular weight excluding hydrogens is 326 g/mol. The van der Waals surface area contributed by atoms with Gasteiger partial charge in [-0.3, -0.25) is 14.2 Å². The van der Waals surface area contributed by atoms with Gasteiger partial charge in [0.1, 0.15) is 0 Å². The number of nitrogens with zero attached hydrogens (tertiary/aromatic N) is 5. The Morgan fingerprint density at radius 2 is 1.96 bits per heavy atom. The molecule has 26 heavy (non-hydrogen) atoms. The number of aryl methyl sites for hydroxylation is 3. The second-order valence-electron chi connectivity index (χ2n) is 6.83. The molecule has 6 heteroatoms. The summed E-state index contributed by atoms with van der Waals surface area (Å²) in [6.45, 7) is 7.24. The lowest BCUT2D eigenvalue weighted by Crippen LogP contribution is -2.26. The Balaban J connectivity index is 1.75. The maximum absolute atomic E-state index is 12.8. The molecule has 1 aromatic carbocycles. The molecule has 0 aliphatic carbocycles. The van der Waals surface area contributed by atoms with Gasteiger partial charge in [-0.25, -0.2) is 0 Å². The van der Waals surface area contributed by atoms with Crippen molar-refractivity contribution in [1.29, 1.82) is 0 Å². The molecule has 0 aliphatic rings. The Kier molecular flexibility index (Phi) is 4.93. The summed E-state index contributed by atoms with van der Waals surface area (Å²) in [7, 11) is 3.73. The van der Waals surface area contributed by atoms with E-state index in [1.165, 1.54) is 0 Å². The SMILES string of the molecule is Cc1cc(C)n(Cc2cccc(C(=O)N(C)Cc3cnn(C)c3C)c2)n1. The summed E-state index contributed by atoms with van der Waals surface area (Å²) in [5.74, 6) is 0.00321. The monoisotopic (exact) mass is 351 g/mol. The second kappa shape index (κ2) is 7.15. The minimum Gasteiger partial charge on any atom is -0.337 e. The normalized spacial score (nSPS) is 11.0. The fraction of sp³-hybridized carbons (Fsp3) is 0.350. The fourth-order valence-corrected chi connectivity index (χ4v) is 3.06. The molecule has 3 rings (SSSR count). The van der Waals surface area contributed by atoms with Crippen LogP contribution in [-0.2, 0) is 20.1 Å². The van der Waals surface area contributed by atoms with E-state index in [1.54, 1.807) is 4.90 Å². The topological polar surface area (TPSA) is 56.0 Å². The van der Waals surface area contributed by atoms with Crippen molar-refractivity contribution in [2.75, 3.05) is 7.05 Å². The van der Waals surface area contributed by atoms with Crippen molar-refractivity contribution < 1.29 is 4.79 Å². The van der Waals surface area contributed by atoms with E-state index in [9.17, 15) is 4.79 Å². The van der Waals surface area contributed by atoms with E-state index in [4.69, 9.17) is 0 Å². The van der Waals surface area contributed by atoms with E-state index in [1.807, 2.05) is 74.7 Å². The first kappa shape index (κ1) is 17.9. The van der Waals surface area contributed by atoms with Gasteiger partial charge in [0, 0.05) is 43.2 Å². The highest BCUT2D eigenvalue weighted by atomic mass is 16.2. The van der Waals surface area contributed by atoms with Crippen LogP contribution in [0.4, 0.5) is 0 Å². The number of carbonyl (C=O) groups is 1. The third-order valence-electron chi connectivity index (χ3n) is 4.70. The number of hydrogen-bond donors (Lipinski definition) is 0. The lowest BCUT2D eigenvalue weighted by Gasteiger charge is -2.17. The predicted octanol–water partition coefficient (Wildman–Crippen LogP) is 2.86. The lowest BCUT2D eigenvalue weighted by atomic mass is 10.1. The van der Waals surface area contributed by atoms with E-state index in [2.05, 4.69) is 16.3 Å². The predicted molar refractivity (Wildman–Crippen MR) is 101 cm³/mol. The number of hydrogen-bond acceptors (Lipinski definition) is 3. The van der Waals surface area contributed by atoms with Gasteiger partial charge in [-0.15, -0.1) is 0 Å². The molecule has 0 bridgehead atoms. The third-order valence-corrected chi connectivity index (χ3v) is 4.70. The first-order chi connectivity index (χ1) is 12.3. The summed E-state index contributed by atoms with van der Waals surface area (Å²) in [5, 5.41) is 8.74. The molecule has 0 N–H and O–H groups in total. The zero-order valence-corrected chi connectivity index (χ0v) is 16.0. The van der Waals surface area contributed by atoms with Gasteiger partial charge < -0.3 is 4.90 Å². The van der Waals surface area contributed by atoms with Gasteiger partial charge in [-0.2, -0.15) is 10.2 Å². The summed E-state index contributed by atoms with van der Waals surface area (Å²) in [6.07, 6.45) is 1.82. The first-order valence-electron chi connectivity index (χ1n) is 8.68. The molecular formula is C20H25N5O. The highest BCUT2D eigenvalue weighted by Gasteiger charge is 2.15. The number of amides is 1. The van der Waals surface area contributed by atoms with Crippen LogP contribution < -0.4 is 0 Å². The van der Waals surface area contributed by atoms with Crippen molar-refractivity contribution in [3.63, 3.8) is 0 Å². The van der Waals surface area contributed by atoms with Gasteiger partial charge in [0.25, 0.3) is 5.91 Å². The third kappa shape index (κ3) is 3.69. The quantitative estimate of drug-likeness (QED) is 0.710. The molecule has 0 saturated carbocycles. The second-order valence-corrected chi connectivity index (χ2v) is 6.83. The minimum absolute atomic E-state index is 0.00321. The van der Waals surface area contributed by atoms with Crippen LogP contribution in [0.15, 0.2) is 36.5 Å². The number of carbonyl (C=O) groups excluding carboxylic acids is 1. The largest absolute Gasteiger partial charge is 0.337 e. The van der Waals surface area contributed by atoms with Crippen molar-refractivity contribution in [2.24, 2.45) is 7.05 Å². The van der Waals surface area contributed by atoms with Gasteiger partial charge in [-0.05, 0) is 44.5 Å². The van der Waals surface area contributed by atoms with E-state index in [-0.39, 0.29) is 5.91 Å². The Hall–Kier alpha value is -2.89. The van der Waals surface area contributed by atoms with E-state index in [0.717, 1.165) is 28.2 Å². The molecule has 0 fully saturated rings. The number of rotatable bonds is 5. The van der Waals surface area contributed by atoms with E-state index >= 15 is 0 Å². The van der Waals surface area contributed by atoms with E-state index < -0.39 is 0 Å². The molecule has 2 aromatic heterocycles. The van der Waals surface area contributed by atoms with Crippen LogP contribution in [0, 0.1) is 20.8 Å². The highest BCUT2D eigenvalue weighted by molar-refractivity contribution is 5.94. The average molecular weight is 351 g/mol. The molecule has 6 nitrogen and oxygen atoms in total. The average Bonchev–Trinajstić information content (AvgIpc) is 3.09. The molecule has 0 radical (unpaired) electrons. The van der Waals surface area contributed by atoms with Crippen LogP contribution in [0.5, 0.6) is 0 Å². The Morgan fingerprint density at radius 1 is 1.19 bits per heavy atom. The van der Waals surface area contributed by atoms with Crippen molar-refractivity contribution in [2.45, 2.75) is 33.9 Å². The Bertz CT molecular complexity index is 938. The highest BCUT2D eigenvalue weighted by Crippen LogP contribution is 2.14. The molecule has 0 atom stereocenters. The zero-order valence-electron chi connectivity index (χ0n) is 16.0. The molecule has 0 unspecified atom stereocenters. The maximum Gasteiger partial charge on any atom is 0.253 e. The fourth-order valence-electron chi connectivity index (χ4n) is 3.06. The summed E-state index contributed by atoms with van der Waals surface area (Å²) in [4.78, 5) is 14.5. The van der Waals surface area contributed by atoms with Gasteiger partial charge in [-0.1, -0.05) is 12.1 Å². The van der Waals surface area contributed by atoms with Crippen LogP contribution in [0.3, 0.4) is 0 Å². The van der Waals surface area contributed by atoms with Gasteiger partial charge in [0.15, 0.2) is 0 Å². The number of aromatic nitrogens is 4. The smallest absolute Gasteiger partial charge is 0.253 e. The van der Waals surface area contributed by atoms with Crippen molar-refractivity contribution in [3.05, 3.63) is 70.3 Å². The van der Waals surface area contributed by atoms with Gasteiger partial charge >= 0.3 is 0 Å². The van der Waals surface area contributed by atoms with Gasteiger partial charge in [0.05, 0.1) is 18.4 Å². The molecule has 136 valence electrons. The maximum atomic E-state index is 12.8. The van der Waals surface area contributed by atoms with Crippen molar-refractivity contribution in [3.8, 4) is 0 Å². The molecule has 3 aromatic rings. The Morgan fingerprint density at radius 3 is 2.58 bits per heavy atom. The summed E-state index contributed by atoms with van der Waals surface area (Å²) in [6, 6.07) is 9.82. The lowest BCUT2D eigenvalue weighted by molar-refractivity contribution is 0.0784. The van der Waals surface area contributed by atoms with Crippen molar-refractivity contribution >= 4 is 5.91 Å². The van der Waals surface area contributed by atoms with Crippen LogP contribution in [0.25, 0.3) is 0 Å². The molecule has 2 heterocycles. The molecule has 0 saturated heterocycles. The summed E-state index contributed by atoms with van der Waals surface area (Å²) < 4.78 is 3.78. The molecule has 0 spiro atoms. The van der Waals surface area contributed by atoms with E-state index in [0.29, 0.717) is 18.7 Å². The van der Waals surface area contributed by atoms with Crippen LogP contribution in [0.2, 0.25) is 0 Å². The molecule has 0 aliphatic heterocycles. The first-order valence-corrected chi connectivity index (χ1v) is 8.68. The van der Waals surface area contributed by atoms with Crippen molar-refractivity contribution in [1.82, 2.24) is 24.5 Å². The summed E-state index contributed by atoms with van der Waals surface area (Å²) in [5.41, 5.74) is 6.00. The van der Waals surface area contributed by atoms with Crippen LogP contribution >= 0.6 is 0 Å². The molecule has 1 amide bonds. The van der Waals surface area contributed by atoms with Crippen LogP contribution in [-0.4, -0.2) is 37.4 Å².